The van der Waals surface area contributed by atoms with Crippen LogP contribution in [-0.2, 0) is 20.9 Å². The minimum Gasteiger partial charge on any atom is -0.454 e. The van der Waals surface area contributed by atoms with E-state index in [4.69, 9.17) is 25.8 Å². The number of carbonyl (C=O) groups excluding carboxylic acids is 2. The van der Waals surface area contributed by atoms with Gasteiger partial charge >= 0.3 is 5.97 Å². The van der Waals surface area contributed by atoms with Crippen LogP contribution in [0.3, 0.4) is 0 Å². The van der Waals surface area contributed by atoms with Crippen LogP contribution in [-0.4, -0.2) is 24.8 Å². The van der Waals surface area contributed by atoms with Crippen LogP contribution < -0.4 is 14.8 Å². The highest BCUT2D eigenvalue weighted by molar-refractivity contribution is 6.30. The molecule has 0 fully saturated rings. The Balaban J connectivity index is 1.48. The third-order valence-corrected chi connectivity index (χ3v) is 4.21. The van der Waals surface area contributed by atoms with Gasteiger partial charge in [-0.25, -0.2) is 9.18 Å². The lowest BCUT2D eigenvalue weighted by molar-refractivity contribution is -0.150. The highest BCUT2D eigenvalue weighted by Crippen LogP contribution is 2.32. The van der Waals surface area contributed by atoms with E-state index in [0.717, 1.165) is 11.6 Å². The number of esters is 1. The molecule has 0 radical (unpaired) electrons. The Morgan fingerprint density at radius 3 is 2.82 bits per heavy atom. The summed E-state index contributed by atoms with van der Waals surface area (Å²) in [5.74, 6) is -0.409. The number of nitrogens with one attached hydrogen (secondary N) is 1. The summed E-state index contributed by atoms with van der Waals surface area (Å²) in [6.45, 7) is 1.90. The van der Waals surface area contributed by atoms with E-state index in [0.29, 0.717) is 17.1 Å². The van der Waals surface area contributed by atoms with Crippen LogP contribution in [0, 0.1) is 5.82 Å². The maximum absolute atomic E-state index is 13.1. The molecule has 0 spiro atoms. The Bertz CT molecular complexity index is 931. The second kappa shape index (κ2) is 8.75. The van der Waals surface area contributed by atoms with Crippen molar-refractivity contribution in [3.63, 3.8) is 0 Å². The Kier molecular flexibility index (Phi) is 6.16. The molecule has 0 bridgehead atoms. The summed E-state index contributed by atoms with van der Waals surface area (Å²) in [4.78, 5) is 24.0. The molecule has 6 nitrogen and oxygen atoms in total. The fourth-order valence-electron chi connectivity index (χ4n) is 2.43. The molecule has 0 aromatic heterocycles. The lowest BCUT2D eigenvalue weighted by atomic mass is 10.2. The van der Waals surface area contributed by atoms with Crippen LogP contribution in [0.2, 0.25) is 5.02 Å². The average molecular weight is 406 g/mol. The van der Waals surface area contributed by atoms with Crippen molar-refractivity contribution in [3.8, 4) is 11.5 Å². The number of fused-ring (bicyclic) bond motifs is 1. The molecule has 8 heteroatoms. The minimum absolute atomic E-state index is 0.0493. The van der Waals surface area contributed by atoms with Crippen LogP contribution in [0.4, 0.5) is 4.39 Å². The van der Waals surface area contributed by atoms with Gasteiger partial charge in [0, 0.05) is 12.6 Å². The van der Waals surface area contributed by atoms with E-state index in [-0.39, 0.29) is 18.4 Å². The van der Waals surface area contributed by atoms with Gasteiger partial charge in [-0.15, -0.1) is 0 Å². The largest absolute Gasteiger partial charge is 0.454 e. The maximum atomic E-state index is 13.1. The van der Waals surface area contributed by atoms with E-state index in [1.54, 1.807) is 18.2 Å². The Morgan fingerprint density at radius 2 is 2.04 bits per heavy atom. The molecule has 0 unspecified atom stereocenters. The number of halogens is 2. The van der Waals surface area contributed by atoms with Gasteiger partial charge < -0.3 is 19.5 Å². The molecule has 1 atom stereocenters. The first-order valence-electron chi connectivity index (χ1n) is 8.42. The number of hydrogen-bond acceptors (Lipinski definition) is 5. The van der Waals surface area contributed by atoms with Crippen LogP contribution >= 0.6 is 11.6 Å². The molecular weight excluding hydrogens is 389 g/mol. The maximum Gasteiger partial charge on any atom is 0.331 e. The quantitative estimate of drug-likeness (QED) is 0.588. The van der Waals surface area contributed by atoms with Gasteiger partial charge in [0.15, 0.2) is 17.6 Å². The zero-order valence-corrected chi connectivity index (χ0v) is 15.7. The summed E-state index contributed by atoms with van der Waals surface area (Å²) in [5.41, 5.74) is 1.35. The van der Waals surface area contributed by atoms with Gasteiger partial charge in [-0.1, -0.05) is 23.7 Å². The van der Waals surface area contributed by atoms with Crippen LogP contribution in [0.25, 0.3) is 6.08 Å². The summed E-state index contributed by atoms with van der Waals surface area (Å²) in [6, 6.07) is 9.38. The predicted octanol–water partition coefficient (Wildman–Crippen LogP) is 3.47. The monoisotopic (exact) mass is 405 g/mol. The molecule has 2 aromatic rings. The second-order valence-corrected chi connectivity index (χ2v) is 6.40. The summed E-state index contributed by atoms with van der Waals surface area (Å²) >= 11 is 5.68. The molecule has 28 heavy (non-hydrogen) atoms. The normalized spacial score (nSPS) is 13.4. The summed E-state index contributed by atoms with van der Waals surface area (Å²) in [6.07, 6.45) is 1.58. The number of carbonyl (C=O) groups is 2. The molecule has 1 aliphatic heterocycles. The van der Waals surface area contributed by atoms with Crippen molar-refractivity contribution in [1.82, 2.24) is 5.32 Å². The van der Waals surface area contributed by atoms with Gasteiger partial charge in [0.1, 0.15) is 5.82 Å². The molecule has 1 aliphatic rings. The first-order valence-corrected chi connectivity index (χ1v) is 8.80. The molecule has 0 saturated heterocycles. The molecule has 1 amide bonds. The second-order valence-electron chi connectivity index (χ2n) is 5.99. The average Bonchev–Trinajstić information content (AvgIpc) is 3.14. The van der Waals surface area contributed by atoms with Crippen molar-refractivity contribution in [2.75, 3.05) is 6.79 Å². The fourth-order valence-corrected chi connectivity index (χ4v) is 2.62. The van der Waals surface area contributed by atoms with Crippen LogP contribution in [0.1, 0.15) is 18.1 Å². The molecule has 1 heterocycles. The zero-order chi connectivity index (χ0) is 20.1. The molecule has 0 aliphatic carbocycles. The van der Waals surface area contributed by atoms with E-state index in [1.165, 1.54) is 31.2 Å². The summed E-state index contributed by atoms with van der Waals surface area (Å²) in [7, 11) is 0. The van der Waals surface area contributed by atoms with Gasteiger partial charge in [-0.2, -0.15) is 0 Å². The minimum atomic E-state index is -0.983. The Labute approximate surface area is 165 Å². The summed E-state index contributed by atoms with van der Waals surface area (Å²) in [5, 5.41) is 2.64. The number of rotatable bonds is 6. The fraction of sp³-hybridized carbons (Fsp3) is 0.200. The molecule has 2 aromatic carbocycles. The van der Waals surface area contributed by atoms with Crippen molar-refractivity contribution >= 4 is 29.6 Å². The number of benzene rings is 2. The van der Waals surface area contributed by atoms with E-state index in [2.05, 4.69) is 5.32 Å². The number of ether oxygens (including phenoxy) is 3. The van der Waals surface area contributed by atoms with Crippen molar-refractivity contribution < 1.29 is 28.2 Å². The Hall–Kier alpha value is -3.06. The topological polar surface area (TPSA) is 73.9 Å². The van der Waals surface area contributed by atoms with Gasteiger partial charge in [0.25, 0.3) is 5.91 Å². The molecule has 1 N–H and O–H groups in total. The number of amides is 1. The van der Waals surface area contributed by atoms with Crippen molar-refractivity contribution in [3.05, 3.63) is 64.4 Å². The molecule has 146 valence electrons. The summed E-state index contributed by atoms with van der Waals surface area (Å²) < 4.78 is 28.7. The highest BCUT2D eigenvalue weighted by atomic mass is 35.5. The van der Waals surface area contributed by atoms with Gasteiger partial charge in [-0.3, -0.25) is 4.79 Å². The van der Waals surface area contributed by atoms with Crippen molar-refractivity contribution in [2.24, 2.45) is 0 Å². The third-order valence-electron chi connectivity index (χ3n) is 3.92. The van der Waals surface area contributed by atoms with Gasteiger partial charge in [0.05, 0.1) is 5.02 Å². The van der Waals surface area contributed by atoms with Gasteiger partial charge in [0.2, 0.25) is 6.79 Å². The first kappa shape index (κ1) is 19.7. The lowest BCUT2D eigenvalue weighted by Crippen LogP contribution is -2.35. The van der Waals surface area contributed by atoms with Crippen LogP contribution in [0.5, 0.6) is 11.5 Å². The van der Waals surface area contributed by atoms with E-state index in [1.807, 2.05) is 0 Å². The third kappa shape index (κ3) is 5.01. The first-order chi connectivity index (χ1) is 13.4. The predicted molar refractivity (Wildman–Crippen MR) is 100 cm³/mol. The standard InChI is InChI=1S/C20H17ClFNO5/c1-12(28-19(24)7-4-13-2-5-16(22)15(21)8-13)20(25)23-10-14-3-6-17-18(9-14)27-11-26-17/h2-9,12H,10-11H2,1H3,(H,23,25)/b7-4+/t12-/m1/s1. The van der Waals surface area contributed by atoms with Crippen molar-refractivity contribution in [1.29, 1.82) is 0 Å². The lowest BCUT2D eigenvalue weighted by Gasteiger charge is -2.12. The van der Waals surface area contributed by atoms with Gasteiger partial charge in [-0.05, 0) is 48.4 Å². The SMILES string of the molecule is C[C@@H](OC(=O)/C=C/c1ccc(F)c(Cl)c1)C(=O)NCc1ccc2c(c1)OCO2. The molecule has 3 rings (SSSR count). The Morgan fingerprint density at radius 1 is 1.25 bits per heavy atom. The van der Waals surface area contributed by atoms with Crippen molar-refractivity contribution in [2.45, 2.75) is 19.6 Å². The van der Waals surface area contributed by atoms with Crippen LogP contribution in [0.15, 0.2) is 42.5 Å². The highest BCUT2D eigenvalue weighted by Gasteiger charge is 2.17. The van der Waals surface area contributed by atoms with E-state index < -0.39 is 23.8 Å². The van der Waals surface area contributed by atoms with E-state index >= 15 is 0 Å². The number of hydrogen-bond donors (Lipinski definition) is 1. The molecular formula is C20H17ClFNO5. The molecule has 0 saturated carbocycles. The smallest absolute Gasteiger partial charge is 0.331 e. The van der Waals surface area contributed by atoms with E-state index in [9.17, 15) is 14.0 Å². The zero-order valence-electron chi connectivity index (χ0n) is 14.9.